The first kappa shape index (κ1) is 26.2. The standard InChI is InChI=1S/C24H28N4O6/c25-13-7-12-18(16-8-3-1-4-9-16)23(33)26-15-20(29)27-19(14-21(30)31)24(34)28-22(32)17-10-5-2-6-11-17/h1-6,8-11,18-19H,7,12-15,25H2,(H,26,33)(H,27,29)(H,30,31)(H,28,32,34)/t18-,19+/m1/s1. The molecule has 0 radical (unpaired) electrons. The molecule has 10 nitrogen and oxygen atoms in total. The van der Waals surface area contributed by atoms with E-state index in [1.807, 2.05) is 6.07 Å². The Hall–Kier alpha value is -4.05. The van der Waals surface area contributed by atoms with Crippen LogP contribution in [0.3, 0.4) is 0 Å². The van der Waals surface area contributed by atoms with Gasteiger partial charge in [-0.3, -0.25) is 29.3 Å². The van der Waals surface area contributed by atoms with Gasteiger partial charge in [-0.1, -0.05) is 48.5 Å². The molecule has 34 heavy (non-hydrogen) atoms. The van der Waals surface area contributed by atoms with Crippen LogP contribution in [0.2, 0.25) is 0 Å². The van der Waals surface area contributed by atoms with E-state index in [4.69, 9.17) is 10.8 Å². The zero-order valence-corrected chi connectivity index (χ0v) is 18.5. The molecular formula is C24H28N4O6. The Labute approximate surface area is 196 Å². The van der Waals surface area contributed by atoms with E-state index in [1.165, 1.54) is 12.1 Å². The number of hydrogen-bond acceptors (Lipinski definition) is 6. The SMILES string of the molecule is NCCC[C@@H](C(=O)NCC(=O)N[C@@H](CC(=O)O)C(=O)NC(=O)c1ccccc1)c1ccccc1. The molecule has 0 unspecified atom stereocenters. The summed E-state index contributed by atoms with van der Waals surface area (Å²) >= 11 is 0. The number of carboxylic acid groups (broad SMARTS) is 1. The van der Waals surface area contributed by atoms with E-state index in [-0.39, 0.29) is 5.56 Å². The molecule has 0 aromatic heterocycles. The summed E-state index contributed by atoms with van der Waals surface area (Å²) in [6.07, 6.45) is 0.353. The van der Waals surface area contributed by atoms with Crippen molar-refractivity contribution < 1.29 is 29.1 Å². The van der Waals surface area contributed by atoms with Crippen molar-refractivity contribution in [1.82, 2.24) is 16.0 Å². The fourth-order valence-corrected chi connectivity index (χ4v) is 3.24. The highest BCUT2D eigenvalue weighted by atomic mass is 16.4. The highest BCUT2D eigenvalue weighted by Gasteiger charge is 2.26. The number of aliphatic carboxylic acids is 1. The van der Waals surface area contributed by atoms with Gasteiger partial charge in [-0.05, 0) is 37.1 Å². The Kier molecular flexibility index (Phi) is 10.4. The monoisotopic (exact) mass is 468 g/mol. The minimum absolute atomic E-state index is 0.202. The molecule has 0 aliphatic carbocycles. The number of imide groups is 1. The van der Waals surface area contributed by atoms with Crippen molar-refractivity contribution >= 4 is 29.6 Å². The summed E-state index contributed by atoms with van der Waals surface area (Å²) in [5.41, 5.74) is 6.54. The van der Waals surface area contributed by atoms with E-state index >= 15 is 0 Å². The summed E-state index contributed by atoms with van der Waals surface area (Å²) in [7, 11) is 0. The number of carbonyl (C=O) groups excluding carboxylic acids is 4. The van der Waals surface area contributed by atoms with E-state index in [0.717, 1.165) is 5.56 Å². The number of nitrogens with one attached hydrogen (secondary N) is 3. The van der Waals surface area contributed by atoms with Crippen LogP contribution >= 0.6 is 0 Å². The number of hydrogen-bond donors (Lipinski definition) is 5. The molecular weight excluding hydrogens is 440 g/mol. The van der Waals surface area contributed by atoms with Gasteiger partial charge in [0.1, 0.15) is 6.04 Å². The van der Waals surface area contributed by atoms with Crippen LogP contribution < -0.4 is 21.7 Å². The molecule has 4 amide bonds. The van der Waals surface area contributed by atoms with Gasteiger partial charge in [0.2, 0.25) is 17.7 Å². The lowest BCUT2D eigenvalue weighted by Gasteiger charge is -2.19. The van der Waals surface area contributed by atoms with Gasteiger partial charge in [0.25, 0.3) is 5.91 Å². The molecule has 2 atom stereocenters. The lowest BCUT2D eigenvalue weighted by atomic mass is 9.93. The van der Waals surface area contributed by atoms with E-state index in [9.17, 15) is 24.0 Å². The van der Waals surface area contributed by atoms with E-state index in [2.05, 4.69) is 16.0 Å². The summed E-state index contributed by atoms with van der Waals surface area (Å²) < 4.78 is 0. The molecule has 2 aromatic carbocycles. The maximum absolute atomic E-state index is 12.7. The second kappa shape index (κ2) is 13.5. The molecule has 10 heteroatoms. The van der Waals surface area contributed by atoms with Gasteiger partial charge in [-0.25, -0.2) is 0 Å². The Bertz CT molecular complexity index is 997. The topological polar surface area (TPSA) is 168 Å². The summed E-state index contributed by atoms with van der Waals surface area (Å²) in [6, 6.07) is 15.4. The number of carbonyl (C=O) groups is 5. The Morgan fingerprint density at radius 2 is 1.50 bits per heavy atom. The fraction of sp³-hybridized carbons (Fsp3) is 0.292. The third kappa shape index (κ3) is 8.47. The molecule has 2 aromatic rings. The fourth-order valence-electron chi connectivity index (χ4n) is 3.24. The third-order valence-electron chi connectivity index (χ3n) is 4.94. The Morgan fingerprint density at radius 3 is 2.09 bits per heavy atom. The molecule has 0 aliphatic rings. The third-order valence-corrected chi connectivity index (χ3v) is 4.94. The van der Waals surface area contributed by atoms with Crippen LogP contribution in [0.15, 0.2) is 60.7 Å². The van der Waals surface area contributed by atoms with Crippen molar-refractivity contribution in [3.63, 3.8) is 0 Å². The van der Waals surface area contributed by atoms with Crippen LogP contribution in [0.25, 0.3) is 0 Å². The van der Waals surface area contributed by atoms with Crippen molar-refractivity contribution in [2.45, 2.75) is 31.2 Å². The van der Waals surface area contributed by atoms with E-state index in [1.54, 1.807) is 42.5 Å². The molecule has 0 saturated heterocycles. The van der Waals surface area contributed by atoms with Crippen LogP contribution in [0.1, 0.15) is 41.1 Å². The van der Waals surface area contributed by atoms with Gasteiger partial charge < -0.3 is 21.5 Å². The minimum Gasteiger partial charge on any atom is -0.481 e. The van der Waals surface area contributed by atoms with Crippen LogP contribution in [-0.2, 0) is 19.2 Å². The van der Waals surface area contributed by atoms with Crippen molar-refractivity contribution in [2.24, 2.45) is 5.73 Å². The second-order valence-corrected chi connectivity index (χ2v) is 7.51. The van der Waals surface area contributed by atoms with Gasteiger partial charge in [0.15, 0.2) is 0 Å². The number of benzene rings is 2. The van der Waals surface area contributed by atoms with Crippen molar-refractivity contribution in [3.8, 4) is 0 Å². The minimum atomic E-state index is -1.50. The quantitative estimate of drug-likeness (QED) is 0.303. The zero-order valence-electron chi connectivity index (χ0n) is 18.5. The summed E-state index contributed by atoms with van der Waals surface area (Å²) in [6.45, 7) is -0.0639. The van der Waals surface area contributed by atoms with Crippen molar-refractivity contribution in [3.05, 3.63) is 71.8 Å². The number of rotatable bonds is 12. The van der Waals surface area contributed by atoms with Gasteiger partial charge in [-0.15, -0.1) is 0 Å². The van der Waals surface area contributed by atoms with Crippen LogP contribution in [0.4, 0.5) is 0 Å². The highest BCUT2D eigenvalue weighted by Crippen LogP contribution is 2.21. The predicted molar refractivity (Wildman–Crippen MR) is 124 cm³/mol. The predicted octanol–water partition coefficient (Wildman–Crippen LogP) is 0.541. The first-order valence-corrected chi connectivity index (χ1v) is 10.8. The molecule has 180 valence electrons. The molecule has 0 fully saturated rings. The molecule has 0 spiro atoms. The smallest absolute Gasteiger partial charge is 0.305 e. The number of amides is 4. The van der Waals surface area contributed by atoms with Gasteiger partial charge in [0, 0.05) is 5.56 Å². The highest BCUT2D eigenvalue weighted by molar-refractivity contribution is 6.07. The second-order valence-electron chi connectivity index (χ2n) is 7.51. The molecule has 0 bridgehead atoms. The molecule has 0 heterocycles. The normalized spacial score (nSPS) is 12.1. The van der Waals surface area contributed by atoms with Crippen LogP contribution in [-0.4, -0.2) is 53.8 Å². The zero-order chi connectivity index (χ0) is 24.9. The molecule has 2 rings (SSSR count). The Balaban J connectivity index is 1.97. The maximum Gasteiger partial charge on any atom is 0.305 e. The summed E-state index contributed by atoms with van der Waals surface area (Å²) in [5.74, 6) is -4.72. The van der Waals surface area contributed by atoms with E-state index in [0.29, 0.717) is 19.4 Å². The number of carboxylic acids is 1. The average molecular weight is 469 g/mol. The molecule has 6 N–H and O–H groups in total. The molecule has 0 saturated carbocycles. The Morgan fingerprint density at radius 1 is 0.882 bits per heavy atom. The summed E-state index contributed by atoms with van der Waals surface area (Å²) in [4.78, 5) is 60.9. The lowest BCUT2D eigenvalue weighted by Crippen LogP contribution is -2.51. The first-order valence-electron chi connectivity index (χ1n) is 10.8. The average Bonchev–Trinajstić information content (AvgIpc) is 2.83. The lowest BCUT2D eigenvalue weighted by molar-refractivity contribution is -0.140. The van der Waals surface area contributed by atoms with Crippen LogP contribution in [0.5, 0.6) is 0 Å². The van der Waals surface area contributed by atoms with E-state index < -0.39 is 54.5 Å². The van der Waals surface area contributed by atoms with Gasteiger partial charge in [0.05, 0.1) is 18.9 Å². The number of nitrogens with two attached hydrogens (primary N) is 1. The van der Waals surface area contributed by atoms with Crippen molar-refractivity contribution in [1.29, 1.82) is 0 Å². The van der Waals surface area contributed by atoms with Crippen molar-refractivity contribution in [2.75, 3.05) is 13.1 Å². The molecule has 0 aliphatic heterocycles. The van der Waals surface area contributed by atoms with Gasteiger partial charge in [-0.2, -0.15) is 0 Å². The van der Waals surface area contributed by atoms with Gasteiger partial charge >= 0.3 is 5.97 Å². The largest absolute Gasteiger partial charge is 0.481 e. The van der Waals surface area contributed by atoms with Crippen LogP contribution in [0, 0.1) is 0 Å². The maximum atomic E-state index is 12.7. The summed E-state index contributed by atoms with van der Waals surface area (Å²) in [5, 5.41) is 16.0. The first-order chi connectivity index (χ1) is 16.3.